The lowest BCUT2D eigenvalue weighted by atomic mass is 10.3. The number of esters is 1. The highest BCUT2D eigenvalue weighted by Crippen LogP contribution is 2.18. The second kappa shape index (κ2) is 5.47. The minimum atomic E-state index is -1.37. The zero-order valence-corrected chi connectivity index (χ0v) is 9.41. The molecule has 1 amide bonds. The second-order valence-corrected chi connectivity index (χ2v) is 3.87. The fourth-order valence-electron chi connectivity index (χ4n) is 0.993. The number of carbonyl (C=O) groups is 2. The number of ether oxygens (including phenoxy) is 1. The maximum Gasteiger partial charge on any atom is 0.336 e. The van der Waals surface area contributed by atoms with Gasteiger partial charge in [0.1, 0.15) is 4.88 Å². The molecule has 7 heteroatoms. The van der Waals surface area contributed by atoms with Crippen LogP contribution >= 0.6 is 11.3 Å². The lowest BCUT2D eigenvalue weighted by Gasteiger charge is -2.09. The van der Waals surface area contributed by atoms with Gasteiger partial charge in [-0.15, -0.1) is 11.3 Å². The number of aliphatic hydroxyl groups is 1. The summed E-state index contributed by atoms with van der Waals surface area (Å²) in [6.07, 6.45) is -1.37. The molecule has 0 saturated heterocycles. The number of methoxy groups -OCH3 is 1. The first kappa shape index (κ1) is 12.5. The van der Waals surface area contributed by atoms with Gasteiger partial charge in [0.15, 0.2) is 6.10 Å². The van der Waals surface area contributed by atoms with Crippen molar-refractivity contribution in [3.63, 3.8) is 0 Å². The maximum absolute atomic E-state index is 11.5. The van der Waals surface area contributed by atoms with Gasteiger partial charge in [-0.05, 0) is 11.4 Å². The highest BCUT2D eigenvalue weighted by molar-refractivity contribution is 7.12. The minimum Gasteiger partial charge on any atom is -0.467 e. The number of rotatable bonds is 4. The Labute approximate surface area is 96.0 Å². The van der Waals surface area contributed by atoms with E-state index in [1.165, 1.54) is 11.3 Å². The normalized spacial score (nSPS) is 11.9. The summed E-state index contributed by atoms with van der Waals surface area (Å²) in [6, 6.07) is 1.61. The van der Waals surface area contributed by atoms with Gasteiger partial charge in [0.2, 0.25) is 0 Å². The van der Waals surface area contributed by atoms with Gasteiger partial charge < -0.3 is 20.9 Å². The van der Waals surface area contributed by atoms with Gasteiger partial charge in [-0.1, -0.05) is 0 Å². The van der Waals surface area contributed by atoms with Gasteiger partial charge in [-0.3, -0.25) is 4.79 Å². The first-order valence-corrected chi connectivity index (χ1v) is 5.31. The molecular weight excluding hydrogens is 232 g/mol. The minimum absolute atomic E-state index is 0.206. The zero-order chi connectivity index (χ0) is 12.1. The summed E-state index contributed by atoms with van der Waals surface area (Å²) in [6.45, 7) is -0.206. The molecule has 1 aromatic rings. The number of hydrogen-bond acceptors (Lipinski definition) is 6. The third-order valence-corrected chi connectivity index (χ3v) is 2.76. The van der Waals surface area contributed by atoms with Gasteiger partial charge in [0.05, 0.1) is 19.3 Å². The SMILES string of the molecule is COC(=O)C(O)CNC(=O)c1sccc1N. The summed E-state index contributed by atoms with van der Waals surface area (Å²) in [7, 11) is 1.16. The molecule has 0 aromatic carbocycles. The molecule has 0 aliphatic heterocycles. The van der Waals surface area contributed by atoms with Crippen LogP contribution in [0.4, 0.5) is 5.69 Å². The Kier molecular flexibility index (Phi) is 4.27. The van der Waals surface area contributed by atoms with E-state index in [0.717, 1.165) is 7.11 Å². The average Bonchev–Trinajstić information content (AvgIpc) is 2.70. The van der Waals surface area contributed by atoms with Crippen molar-refractivity contribution < 1.29 is 19.4 Å². The van der Waals surface area contributed by atoms with Gasteiger partial charge in [-0.2, -0.15) is 0 Å². The van der Waals surface area contributed by atoms with Crippen molar-refractivity contribution in [2.75, 3.05) is 19.4 Å². The molecule has 0 bridgehead atoms. The molecule has 0 saturated carbocycles. The smallest absolute Gasteiger partial charge is 0.336 e. The molecule has 4 N–H and O–H groups in total. The molecular formula is C9H12N2O4S. The fourth-order valence-corrected chi connectivity index (χ4v) is 1.73. The Bertz CT molecular complexity index is 391. The number of thiophene rings is 1. The third kappa shape index (κ3) is 2.94. The van der Waals surface area contributed by atoms with Gasteiger partial charge >= 0.3 is 5.97 Å². The lowest BCUT2D eigenvalue weighted by Crippen LogP contribution is -2.37. The predicted molar refractivity (Wildman–Crippen MR) is 59.1 cm³/mol. The first-order valence-electron chi connectivity index (χ1n) is 4.43. The van der Waals surface area contributed by atoms with Crippen molar-refractivity contribution >= 4 is 28.9 Å². The highest BCUT2D eigenvalue weighted by atomic mass is 32.1. The van der Waals surface area contributed by atoms with Crippen molar-refractivity contribution in [1.82, 2.24) is 5.32 Å². The van der Waals surface area contributed by atoms with E-state index < -0.39 is 18.0 Å². The maximum atomic E-state index is 11.5. The van der Waals surface area contributed by atoms with Crippen LogP contribution in [0, 0.1) is 0 Å². The molecule has 0 fully saturated rings. The van der Waals surface area contributed by atoms with E-state index in [2.05, 4.69) is 10.1 Å². The van der Waals surface area contributed by atoms with Crippen LogP contribution in [0.3, 0.4) is 0 Å². The summed E-state index contributed by atoms with van der Waals surface area (Å²) in [5.74, 6) is -1.21. The molecule has 16 heavy (non-hydrogen) atoms. The summed E-state index contributed by atoms with van der Waals surface area (Å²) in [4.78, 5) is 22.7. The number of carbonyl (C=O) groups excluding carboxylic acids is 2. The second-order valence-electron chi connectivity index (χ2n) is 2.95. The Morgan fingerprint density at radius 2 is 2.38 bits per heavy atom. The highest BCUT2D eigenvalue weighted by Gasteiger charge is 2.18. The van der Waals surface area contributed by atoms with Crippen LogP contribution in [0.2, 0.25) is 0 Å². The number of amides is 1. The standard InChI is InChI=1S/C9H12N2O4S/c1-15-9(14)6(12)4-11-8(13)7-5(10)2-3-16-7/h2-3,6,12H,4,10H2,1H3,(H,11,13). The average molecular weight is 244 g/mol. The number of anilines is 1. The van der Waals surface area contributed by atoms with Crippen LogP contribution in [0.1, 0.15) is 9.67 Å². The largest absolute Gasteiger partial charge is 0.467 e. The number of hydrogen-bond donors (Lipinski definition) is 3. The Balaban J connectivity index is 2.48. The van der Waals surface area contributed by atoms with Crippen LogP contribution in [-0.4, -0.2) is 36.7 Å². The Morgan fingerprint density at radius 1 is 1.69 bits per heavy atom. The van der Waals surface area contributed by atoms with Gasteiger partial charge in [0.25, 0.3) is 5.91 Å². The summed E-state index contributed by atoms with van der Waals surface area (Å²) >= 11 is 1.19. The van der Waals surface area contributed by atoms with Crippen molar-refractivity contribution in [1.29, 1.82) is 0 Å². The Hall–Kier alpha value is -1.60. The third-order valence-electron chi connectivity index (χ3n) is 1.83. The van der Waals surface area contributed by atoms with Crippen molar-refractivity contribution in [3.8, 4) is 0 Å². The van der Waals surface area contributed by atoms with E-state index in [-0.39, 0.29) is 6.54 Å². The summed E-state index contributed by atoms with van der Waals surface area (Å²) in [5.41, 5.74) is 5.90. The van der Waals surface area contributed by atoms with Gasteiger partial charge in [-0.25, -0.2) is 4.79 Å². The molecule has 1 unspecified atom stereocenters. The molecule has 0 aliphatic rings. The predicted octanol–water partition coefficient (Wildman–Crippen LogP) is -0.406. The molecule has 1 rings (SSSR count). The number of nitrogens with one attached hydrogen (secondary N) is 1. The van der Waals surface area contributed by atoms with E-state index in [1.54, 1.807) is 11.4 Å². The number of nitrogen functional groups attached to an aromatic ring is 1. The molecule has 0 aliphatic carbocycles. The lowest BCUT2D eigenvalue weighted by molar-refractivity contribution is -0.149. The number of nitrogens with two attached hydrogens (primary N) is 1. The van der Waals surface area contributed by atoms with E-state index in [4.69, 9.17) is 5.73 Å². The molecule has 1 aromatic heterocycles. The zero-order valence-electron chi connectivity index (χ0n) is 8.60. The summed E-state index contributed by atoms with van der Waals surface area (Å²) in [5, 5.41) is 13.3. The Morgan fingerprint density at radius 3 is 2.88 bits per heavy atom. The summed E-state index contributed by atoms with van der Waals surface area (Å²) < 4.78 is 4.30. The molecule has 1 heterocycles. The molecule has 0 radical (unpaired) electrons. The van der Waals surface area contributed by atoms with E-state index in [9.17, 15) is 14.7 Å². The molecule has 0 spiro atoms. The van der Waals surface area contributed by atoms with Crippen LogP contribution in [0.15, 0.2) is 11.4 Å². The van der Waals surface area contributed by atoms with E-state index in [0.29, 0.717) is 10.6 Å². The topological polar surface area (TPSA) is 102 Å². The van der Waals surface area contributed by atoms with Crippen molar-refractivity contribution in [2.45, 2.75) is 6.10 Å². The van der Waals surface area contributed by atoms with Crippen molar-refractivity contribution in [2.24, 2.45) is 0 Å². The molecule has 88 valence electrons. The molecule has 1 atom stereocenters. The van der Waals surface area contributed by atoms with Crippen LogP contribution in [0.25, 0.3) is 0 Å². The monoisotopic (exact) mass is 244 g/mol. The van der Waals surface area contributed by atoms with Crippen molar-refractivity contribution in [3.05, 3.63) is 16.3 Å². The van der Waals surface area contributed by atoms with E-state index in [1.807, 2.05) is 0 Å². The fraction of sp³-hybridized carbons (Fsp3) is 0.333. The van der Waals surface area contributed by atoms with Crippen LogP contribution in [0.5, 0.6) is 0 Å². The van der Waals surface area contributed by atoms with Crippen LogP contribution < -0.4 is 11.1 Å². The number of aliphatic hydroxyl groups excluding tert-OH is 1. The van der Waals surface area contributed by atoms with Gasteiger partial charge in [0, 0.05) is 0 Å². The molecule has 6 nitrogen and oxygen atoms in total. The van der Waals surface area contributed by atoms with Crippen LogP contribution in [-0.2, 0) is 9.53 Å². The quantitative estimate of drug-likeness (QED) is 0.625. The first-order chi connectivity index (χ1) is 7.56. The van der Waals surface area contributed by atoms with E-state index >= 15 is 0 Å².